The van der Waals surface area contributed by atoms with Gasteiger partial charge in [0.05, 0.1) is 28.6 Å². The van der Waals surface area contributed by atoms with Gasteiger partial charge in [-0.15, -0.1) is 0 Å². The van der Waals surface area contributed by atoms with Crippen molar-refractivity contribution in [2.75, 3.05) is 11.1 Å². The third-order valence-corrected chi connectivity index (χ3v) is 2.92. The Hall–Kier alpha value is -2.68. The Morgan fingerprint density at radius 1 is 1.14 bits per heavy atom. The van der Waals surface area contributed by atoms with E-state index in [1.807, 2.05) is 6.07 Å². The first-order chi connectivity index (χ1) is 9.90. The van der Waals surface area contributed by atoms with Crippen LogP contribution < -0.4 is 11.1 Å². The van der Waals surface area contributed by atoms with Gasteiger partial charge >= 0.3 is 6.18 Å². The zero-order chi connectivity index (χ0) is 15.5. The molecule has 0 atom stereocenters. The summed E-state index contributed by atoms with van der Waals surface area (Å²) in [5, 5.41) is 11.7. The summed E-state index contributed by atoms with van der Waals surface area (Å²) in [4.78, 5) is 0. The van der Waals surface area contributed by atoms with Crippen LogP contribution in [0.25, 0.3) is 0 Å². The van der Waals surface area contributed by atoms with Gasteiger partial charge in [-0.05, 0) is 35.9 Å². The smallest absolute Gasteiger partial charge is 0.397 e. The zero-order valence-electron chi connectivity index (χ0n) is 10.9. The number of halogens is 3. The van der Waals surface area contributed by atoms with E-state index < -0.39 is 11.7 Å². The molecule has 2 rings (SSSR count). The molecule has 0 aliphatic heterocycles. The van der Waals surface area contributed by atoms with Gasteiger partial charge in [0, 0.05) is 6.54 Å². The molecule has 0 aliphatic rings. The van der Waals surface area contributed by atoms with Crippen molar-refractivity contribution in [1.82, 2.24) is 0 Å². The molecule has 0 saturated heterocycles. The summed E-state index contributed by atoms with van der Waals surface area (Å²) < 4.78 is 37.8. The van der Waals surface area contributed by atoms with E-state index in [0.29, 0.717) is 22.5 Å². The van der Waals surface area contributed by atoms with Crippen LogP contribution in [0, 0.1) is 11.3 Å². The first-order valence-corrected chi connectivity index (χ1v) is 6.10. The van der Waals surface area contributed by atoms with Gasteiger partial charge in [0.25, 0.3) is 0 Å². The van der Waals surface area contributed by atoms with Crippen molar-refractivity contribution in [2.24, 2.45) is 0 Å². The molecule has 0 radical (unpaired) electrons. The van der Waals surface area contributed by atoms with Crippen molar-refractivity contribution < 1.29 is 13.2 Å². The van der Waals surface area contributed by atoms with Crippen LogP contribution >= 0.6 is 0 Å². The van der Waals surface area contributed by atoms with E-state index >= 15 is 0 Å². The Kier molecular flexibility index (Phi) is 4.03. The SMILES string of the molecule is N#Cc1ccc(NCc2cccc(C(F)(F)F)c2)c(N)c1. The van der Waals surface area contributed by atoms with Crippen LogP contribution in [0.15, 0.2) is 42.5 Å². The van der Waals surface area contributed by atoms with E-state index in [1.54, 1.807) is 18.2 Å². The minimum atomic E-state index is -4.36. The van der Waals surface area contributed by atoms with E-state index in [9.17, 15) is 13.2 Å². The molecule has 3 nitrogen and oxygen atoms in total. The second kappa shape index (κ2) is 5.75. The molecule has 0 bridgehead atoms. The molecule has 0 heterocycles. The average Bonchev–Trinajstić information content (AvgIpc) is 2.45. The van der Waals surface area contributed by atoms with Gasteiger partial charge in [-0.25, -0.2) is 0 Å². The highest BCUT2D eigenvalue weighted by Crippen LogP contribution is 2.29. The van der Waals surface area contributed by atoms with Crippen LogP contribution in [-0.2, 0) is 12.7 Å². The normalized spacial score (nSPS) is 11.0. The summed E-state index contributed by atoms with van der Waals surface area (Å²) in [5.74, 6) is 0. The van der Waals surface area contributed by atoms with E-state index in [1.165, 1.54) is 12.1 Å². The lowest BCUT2D eigenvalue weighted by Gasteiger charge is -2.11. The van der Waals surface area contributed by atoms with Crippen molar-refractivity contribution in [3.05, 3.63) is 59.2 Å². The van der Waals surface area contributed by atoms with Crippen LogP contribution in [0.4, 0.5) is 24.5 Å². The Morgan fingerprint density at radius 2 is 1.90 bits per heavy atom. The summed E-state index contributed by atoms with van der Waals surface area (Å²) >= 11 is 0. The molecular formula is C15H12F3N3. The molecule has 0 amide bonds. The fourth-order valence-corrected chi connectivity index (χ4v) is 1.85. The molecule has 0 saturated carbocycles. The van der Waals surface area contributed by atoms with Gasteiger partial charge in [-0.3, -0.25) is 0 Å². The predicted molar refractivity (Wildman–Crippen MR) is 74.3 cm³/mol. The topological polar surface area (TPSA) is 61.8 Å². The fourth-order valence-electron chi connectivity index (χ4n) is 1.85. The highest BCUT2D eigenvalue weighted by Gasteiger charge is 2.30. The molecule has 0 aliphatic carbocycles. The second-order valence-corrected chi connectivity index (χ2v) is 4.47. The number of hydrogen-bond acceptors (Lipinski definition) is 3. The van der Waals surface area contributed by atoms with Gasteiger partial charge in [0.2, 0.25) is 0 Å². The Bertz CT molecular complexity index is 687. The van der Waals surface area contributed by atoms with Crippen molar-refractivity contribution in [2.45, 2.75) is 12.7 Å². The summed E-state index contributed by atoms with van der Waals surface area (Å²) in [6.45, 7) is 0.208. The number of nitrogens with two attached hydrogens (primary N) is 1. The highest BCUT2D eigenvalue weighted by molar-refractivity contribution is 5.68. The average molecular weight is 291 g/mol. The van der Waals surface area contributed by atoms with E-state index in [-0.39, 0.29) is 6.54 Å². The van der Waals surface area contributed by atoms with Crippen molar-refractivity contribution in [3.63, 3.8) is 0 Å². The maximum Gasteiger partial charge on any atom is 0.416 e. The summed E-state index contributed by atoms with van der Waals surface area (Å²) in [6, 6.07) is 11.8. The Morgan fingerprint density at radius 3 is 2.52 bits per heavy atom. The van der Waals surface area contributed by atoms with Crippen LogP contribution in [0.5, 0.6) is 0 Å². The number of nitriles is 1. The third kappa shape index (κ3) is 3.66. The van der Waals surface area contributed by atoms with E-state index in [4.69, 9.17) is 11.0 Å². The Labute approximate surface area is 119 Å². The standard InChI is InChI=1S/C15H12F3N3/c16-15(17,18)12-3-1-2-11(6-12)9-21-14-5-4-10(8-19)7-13(14)20/h1-7,21H,9,20H2. The number of nitrogen functional groups attached to an aromatic ring is 1. The molecule has 0 spiro atoms. The first-order valence-electron chi connectivity index (χ1n) is 6.10. The minimum absolute atomic E-state index is 0.208. The van der Waals surface area contributed by atoms with Gasteiger partial charge < -0.3 is 11.1 Å². The monoisotopic (exact) mass is 291 g/mol. The molecule has 0 unspecified atom stereocenters. The maximum atomic E-state index is 12.6. The lowest BCUT2D eigenvalue weighted by molar-refractivity contribution is -0.137. The largest absolute Gasteiger partial charge is 0.416 e. The van der Waals surface area contributed by atoms with Crippen LogP contribution in [0.2, 0.25) is 0 Å². The molecule has 2 aromatic carbocycles. The van der Waals surface area contributed by atoms with Crippen LogP contribution in [-0.4, -0.2) is 0 Å². The molecule has 2 aromatic rings. The fraction of sp³-hybridized carbons (Fsp3) is 0.133. The molecule has 6 heteroatoms. The summed E-state index contributed by atoms with van der Waals surface area (Å²) in [6.07, 6.45) is -4.36. The third-order valence-electron chi connectivity index (χ3n) is 2.92. The quantitative estimate of drug-likeness (QED) is 0.846. The van der Waals surface area contributed by atoms with Crippen molar-refractivity contribution >= 4 is 11.4 Å². The van der Waals surface area contributed by atoms with Crippen LogP contribution in [0.3, 0.4) is 0 Å². The first kappa shape index (κ1) is 14.7. The second-order valence-electron chi connectivity index (χ2n) is 4.47. The molecule has 108 valence electrons. The number of rotatable bonds is 3. The number of nitrogens with one attached hydrogen (secondary N) is 1. The van der Waals surface area contributed by atoms with Crippen molar-refractivity contribution in [3.8, 4) is 6.07 Å². The summed E-state index contributed by atoms with van der Waals surface area (Å²) in [5.41, 5.74) is 6.95. The van der Waals surface area contributed by atoms with E-state index in [0.717, 1.165) is 12.1 Å². The number of hydrogen-bond donors (Lipinski definition) is 2. The lowest BCUT2D eigenvalue weighted by Crippen LogP contribution is -2.07. The van der Waals surface area contributed by atoms with Gasteiger partial charge in [0.15, 0.2) is 0 Å². The lowest BCUT2D eigenvalue weighted by atomic mass is 10.1. The van der Waals surface area contributed by atoms with Crippen LogP contribution in [0.1, 0.15) is 16.7 Å². The van der Waals surface area contributed by atoms with Gasteiger partial charge in [-0.2, -0.15) is 18.4 Å². The maximum absolute atomic E-state index is 12.6. The van der Waals surface area contributed by atoms with Gasteiger partial charge in [0.1, 0.15) is 0 Å². The minimum Gasteiger partial charge on any atom is -0.397 e. The molecular weight excluding hydrogens is 279 g/mol. The molecule has 3 N–H and O–H groups in total. The van der Waals surface area contributed by atoms with E-state index in [2.05, 4.69) is 5.32 Å². The number of anilines is 2. The molecule has 0 fully saturated rings. The number of benzene rings is 2. The molecule has 21 heavy (non-hydrogen) atoms. The summed E-state index contributed by atoms with van der Waals surface area (Å²) in [7, 11) is 0. The number of alkyl halides is 3. The van der Waals surface area contributed by atoms with Gasteiger partial charge in [-0.1, -0.05) is 12.1 Å². The number of nitrogens with zero attached hydrogens (tertiary/aromatic N) is 1. The Balaban J connectivity index is 2.12. The van der Waals surface area contributed by atoms with Crippen molar-refractivity contribution in [1.29, 1.82) is 5.26 Å². The highest BCUT2D eigenvalue weighted by atomic mass is 19.4. The zero-order valence-corrected chi connectivity index (χ0v) is 10.9. The molecule has 0 aromatic heterocycles. The predicted octanol–water partition coefficient (Wildman–Crippen LogP) is 3.77.